The molecular formula is C15H19NO3S. The maximum Gasteiger partial charge on any atom is 0.347 e. The molecule has 0 spiro atoms. The van der Waals surface area contributed by atoms with Crippen LogP contribution in [0.4, 0.5) is 0 Å². The molecular weight excluding hydrogens is 274 g/mol. The summed E-state index contributed by atoms with van der Waals surface area (Å²) in [6, 6.07) is 5.68. The number of carbonyl (C=O) groups excluding carboxylic acids is 1. The first kappa shape index (κ1) is 14.8. The molecule has 0 bridgehead atoms. The van der Waals surface area contributed by atoms with Crippen molar-refractivity contribution in [3.63, 3.8) is 0 Å². The van der Waals surface area contributed by atoms with Gasteiger partial charge >= 0.3 is 5.97 Å². The number of nitrogens with zero attached hydrogens (tertiary/aromatic N) is 1. The zero-order valence-corrected chi connectivity index (χ0v) is 12.6. The van der Waals surface area contributed by atoms with E-state index < -0.39 is 6.10 Å². The van der Waals surface area contributed by atoms with Crippen molar-refractivity contribution in [1.82, 2.24) is 4.98 Å². The van der Waals surface area contributed by atoms with Gasteiger partial charge < -0.3 is 9.47 Å². The molecule has 4 nitrogen and oxygen atoms in total. The molecule has 0 radical (unpaired) electrons. The summed E-state index contributed by atoms with van der Waals surface area (Å²) in [6.45, 7) is 4.27. The number of carbonyl (C=O) groups is 1. The lowest BCUT2D eigenvalue weighted by Gasteiger charge is -2.17. The maximum atomic E-state index is 11.9. The molecule has 5 heteroatoms. The molecule has 20 heavy (non-hydrogen) atoms. The van der Waals surface area contributed by atoms with Gasteiger partial charge in [0.25, 0.3) is 0 Å². The van der Waals surface area contributed by atoms with Crippen LogP contribution in [0.1, 0.15) is 33.1 Å². The second kappa shape index (κ2) is 7.24. The molecule has 0 saturated heterocycles. The number of hydrogen-bond donors (Lipinski definition) is 0. The topological polar surface area (TPSA) is 48.4 Å². The van der Waals surface area contributed by atoms with E-state index in [0.717, 1.165) is 23.1 Å². The van der Waals surface area contributed by atoms with Crippen molar-refractivity contribution in [2.45, 2.75) is 39.2 Å². The Labute approximate surface area is 122 Å². The summed E-state index contributed by atoms with van der Waals surface area (Å²) in [5.41, 5.74) is 2.75. The minimum Gasteiger partial charge on any atom is -0.479 e. The number of unbranched alkanes of at least 4 members (excludes halogenated alkanes) is 1. The molecule has 108 valence electrons. The van der Waals surface area contributed by atoms with E-state index in [9.17, 15) is 4.79 Å². The zero-order valence-electron chi connectivity index (χ0n) is 11.8. The monoisotopic (exact) mass is 293 g/mol. The van der Waals surface area contributed by atoms with Crippen LogP contribution < -0.4 is 4.74 Å². The number of esters is 1. The summed E-state index contributed by atoms with van der Waals surface area (Å²) in [7, 11) is 0. The number of rotatable bonds is 7. The Hall–Kier alpha value is -1.62. The van der Waals surface area contributed by atoms with Gasteiger partial charge in [-0.25, -0.2) is 9.78 Å². The van der Waals surface area contributed by atoms with Gasteiger partial charge in [0.2, 0.25) is 0 Å². The van der Waals surface area contributed by atoms with E-state index in [1.165, 1.54) is 0 Å². The summed E-state index contributed by atoms with van der Waals surface area (Å²) in [5, 5.41) is 0. The minimum absolute atomic E-state index is 0.287. The number of benzene rings is 1. The SMILES string of the molecule is CCCCC(Oc1ccc2ncsc2c1)C(=O)OCC. The van der Waals surface area contributed by atoms with E-state index in [1.54, 1.807) is 23.8 Å². The van der Waals surface area contributed by atoms with Crippen LogP contribution in [-0.2, 0) is 9.53 Å². The second-order valence-electron chi connectivity index (χ2n) is 4.48. The van der Waals surface area contributed by atoms with Gasteiger partial charge in [0.05, 0.1) is 22.3 Å². The smallest absolute Gasteiger partial charge is 0.347 e. The fraction of sp³-hybridized carbons (Fsp3) is 0.467. The van der Waals surface area contributed by atoms with E-state index in [1.807, 2.05) is 18.2 Å². The summed E-state index contributed by atoms with van der Waals surface area (Å²) >= 11 is 1.56. The van der Waals surface area contributed by atoms with Crippen LogP contribution >= 0.6 is 11.3 Å². The Kier molecular flexibility index (Phi) is 5.35. The lowest BCUT2D eigenvalue weighted by atomic mass is 10.1. The molecule has 0 N–H and O–H groups in total. The molecule has 0 aliphatic carbocycles. The Balaban J connectivity index is 2.10. The van der Waals surface area contributed by atoms with E-state index >= 15 is 0 Å². The molecule has 0 amide bonds. The fourth-order valence-electron chi connectivity index (χ4n) is 1.92. The van der Waals surface area contributed by atoms with Crippen molar-refractivity contribution in [2.24, 2.45) is 0 Å². The maximum absolute atomic E-state index is 11.9. The first-order chi connectivity index (χ1) is 9.74. The summed E-state index contributed by atoms with van der Waals surface area (Å²) in [6.07, 6.45) is 2.11. The van der Waals surface area contributed by atoms with Crippen molar-refractivity contribution < 1.29 is 14.3 Å². The van der Waals surface area contributed by atoms with Crippen molar-refractivity contribution in [1.29, 1.82) is 0 Å². The number of ether oxygens (including phenoxy) is 2. The number of thiazole rings is 1. The normalized spacial score (nSPS) is 12.3. The average molecular weight is 293 g/mol. The largest absolute Gasteiger partial charge is 0.479 e. The van der Waals surface area contributed by atoms with Crippen LogP contribution in [0.5, 0.6) is 5.75 Å². The van der Waals surface area contributed by atoms with E-state index in [-0.39, 0.29) is 5.97 Å². The molecule has 2 aromatic rings. The highest BCUT2D eigenvalue weighted by molar-refractivity contribution is 7.16. The molecule has 1 atom stereocenters. The van der Waals surface area contributed by atoms with Gasteiger partial charge in [-0.15, -0.1) is 11.3 Å². The number of hydrogen-bond acceptors (Lipinski definition) is 5. The Bertz CT molecular complexity index is 567. The number of fused-ring (bicyclic) bond motifs is 1. The van der Waals surface area contributed by atoms with Crippen molar-refractivity contribution in [2.75, 3.05) is 6.61 Å². The van der Waals surface area contributed by atoms with Crippen LogP contribution in [0, 0.1) is 0 Å². The molecule has 0 aliphatic rings. The standard InChI is InChI=1S/C15H19NO3S/c1-3-5-6-13(15(17)18-4-2)19-11-7-8-12-14(9-11)20-10-16-12/h7-10,13H,3-6H2,1-2H3. The molecule has 1 heterocycles. The van der Waals surface area contributed by atoms with Gasteiger partial charge in [-0.2, -0.15) is 0 Å². The third-order valence-corrected chi connectivity index (χ3v) is 3.74. The summed E-state index contributed by atoms with van der Waals surface area (Å²) in [4.78, 5) is 16.1. The van der Waals surface area contributed by atoms with Crippen LogP contribution in [0.2, 0.25) is 0 Å². The first-order valence-electron chi connectivity index (χ1n) is 6.91. The van der Waals surface area contributed by atoms with Crippen LogP contribution in [-0.4, -0.2) is 23.7 Å². The zero-order chi connectivity index (χ0) is 14.4. The Morgan fingerprint density at radius 1 is 1.40 bits per heavy atom. The van der Waals surface area contributed by atoms with Crippen molar-refractivity contribution >= 4 is 27.5 Å². The second-order valence-corrected chi connectivity index (χ2v) is 5.37. The highest BCUT2D eigenvalue weighted by Crippen LogP contribution is 2.24. The van der Waals surface area contributed by atoms with Gasteiger partial charge in [-0.05, 0) is 38.0 Å². The van der Waals surface area contributed by atoms with Gasteiger partial charge in [-0.3, -0.25) is 0 Å². The molecule has 1 aromatic heterocycles. The van der Waals surface area contributed by atoms with Crippen LogP contribution in [0.25, 0.3) is 10.2 Å². The summed E-state index contributed by atoms with van der Waals surface area (Å²) in [5.74, 6) is 0.404. The predicted octanol–water partition coefficient (Wildman–Crippen LogP) is 3.80. The highest BCUT2D eigenvalue weighted by atomic mass is 32.1. The summed E-state index contributed by atoms with van der Waals surface area (Å²) < 4.78 is 11.9. The van der Waals surface area contributed by atoms with Crippen molar-refractivity contribution in [3.8, 4) is 5.75 Å². The molecule has 2 rings (SSSR count). The van der Waals surface area contributed by atoms with Gasteiger partial charge in [0.15, 0.2) is 6.10 Å². The average Bonchev–Trinajstić information content (AvgIpc) is 2.91. The lowest BCUT2D eigenvalue weighted by molar-refractivity contribution is -0.151. The fourth-order valence-corrected chi connectivity index (χ4v) is 2.63. The number of aromatic nitrogens is 1. The van der Waals surface area contributed by atoms with Gasteiger partial charge in [-0.1, -0.05) is 13.3 Å². The lowest BCUT2D eigenvalue weighted by Crippen LogP contribution is -2.29. The minimum atomic E-state index is -0.528. The van der Waals surface area contributed by atoms with Crippen LogP contribution in [0.3, 0.4) is 0 Å². The molecule has 0 fully saturated rings. The van der Waals surface area contributed by atoms with E-state index in [2.05, 4.69) is 11.9 Å². The molecule has 1 aromatic carbocycles. The third-order valence-electron chi connectivity index (χ3n) is 2.95. The van der Waals surface area contributed by atoms with Gasteiger partial charge in [0, 0.05) is 0 Å². The Morgan fingerprint density at radius 3 is 3.00 bits per heavy atom. The predicted molar refractivity (Wildman–Crippen MR) is 80.2 cm³/mol. The van der Waals surface area contributed by atoms with E-state index in [0.29, 0.717) is 18.8 Å². The quantitative estimate of drug-likeness (QED) is 0.729. The van der Waals surface area contributed by atoms with Gasteiger partial charge in [0.1, 0.15) is 5.75 Å². The molecule has 0 aliphatic heterocycles. The molecule has 0 saturated carbocycles. The van der Waals surface area contributed by atoms with Crippen LogP contribution in [0.15, 0.2) is 23.7 Å². The van der Waals surface area contributed by atoms with E-state index in [4.69, 9.17) is 9.47 Å². The molecule has 1 unspecified atom stereocenters. The highest BCUT2D eigenvalue weighted by Gasteiger charge is 2.21. The third kappa shape index (κ3) is 3.70. The first-order valence-corrected chi connectivity index (χ1v) is 7.79. The Morgan fingerprint density at radius 2 is 2.25 bits per heavy atom. The van der Waals surface area contributed by atoms with Crippen molar-refractivity contribution in [3.05, 3.63) is 23.7 Å².